The highest BCUT2D eigenvalue weighted by molar-refractivity contribution is 7.47. The standard InChI is InChI=1S/C7H15O6P/c1-2-3-5-12-14(10,11)13-6-4-7(8)9/h4,6-9H,2-3,5H2,1H3,(H,10,11). The first kappa shape index (κ1) is 13.6. The number of aliphatic hydroxyl groups is 2. The minimum absolute atomic E-state index is 0.125. The first-order chi connectivity index (χ1) is 6.48. The number of hydrogen-bond acceptors (Lipinski definition) is 5. The van der Waals surface area contributed by atoms with Crippen molar-refractivity contribution in [2.75, 3.05) is 6.61 Å². The van der Waals surface area contributed by atoms with Gasteiger partial charge in [0.15, 0.2) is 6.29 Å². The van der Waals surface area contributed by atoms with Gasteiger partial charge in [-0.15, -0.1) is 0 Å². The summed E-state index contributed by atoms with van der Waals surface area (Å²) in [5.74, 6) is 0. The van der Waals surface area contributed by atoms with Crippen molar-refractivity contribution in [3.63, 3.8) is 0 Å². The van der Waals surface area contributed by atoms with E-state index in [0.717, 1.165) is 18.8 Å². The van der Waals surface area contributed by atoms with Crippen LogP contribution in [0.5, 0.6) is 0 Å². The van der Waals surface area contributed by atoms with Crippen molar-refractivity contribution in [2.45, 2.75) is 26.1 Å². The smallest absolute Gasteiger partial charge is 0.412 e. The number of rotatable bonds is 7. The van der Waals surface area contributed by atoms with E-state index in [1.165, 1.54) is 0 Å². The second-order valence-corrected chi connectivity index (χ2v) is 3.91. The maximum absolute atomic E-state index is 11.0. The molecule has 0 rings (SSSR count). The molecule has 6 nitrogen and oxygen atoms in total. The molecule has 0 aromatic heterocycles. The maximum Gasteiger partial charge on any atom is 0.526 e. The van der Waals surface area contributed by atoms with Crippen LogP contribution in [0.4, 0.5) is 0 Å². The molecular formula is C7H15O6P. The molecule has 7 heteroatoms. The Kier molecular flexibility index (Phi) is 6.78. The minimum atomic E-state index is -4.09. The van der Waals surface area contributed by atoms with Crippen molar-refractivity contribution in [3.05, 3.63) is 12.3 Å². The molecule has 84 valence electrons. The molecule has 0 aliphatic carbocycles. The van der Waals surface area contributed by atoms with E-state index in [9.17, 15) is 4.57 Å². The first-order valence-corrected chi connectivity index (χ1v) is 5.66. The van der Waals surface area contributed by atoms with Gasteiger partial charge in [0.2, 0.25) is 0 Å². The molecule has 0 amide bonds. The second kappa shape index (κ2) is 6.98. The van der Waals surface area contributed by atoms with Gasteiger partial charge in [-0.05, 0) is 6.42 Å². The Balaban J connectivity index is 3.77. The Labute approximate surface area is 82.4 Å². The summed E-state index contributed by atoms with van der Waals surface area (Å²) < 4.78 is 19.8. The van der Waals surface area contributed by atoms with Crippen molar-refractivity contribution in [3.8, 4) is 0 Å². The molecular weight excluding hydrogens is 211 g/mol. The highest BCUT2D eigenvalue weighted by Gasteiger charge is 2.19. The van der Waals surface area contributed by atoms with Gasteiger partial charge in [0.25, 0.3) is 0 Å². The van der Waals surface area contributed by atoms with E-state index in [1.807, 2.05) is 6.92 Å². The summed E-state index contributed by atoms with van der Waals surface area (Å²) in [5, 5.41) is 16.7. The lowest BCUT2D eigenvalue weighted by Crippen LogP contribution is -1.98. The van der Waals surface area contributed by atoms with Gasteiger partial charge < -0.3 is 14.7 Å². The second-order valence-electron chi connectivity index (χ2n) is 2.50. The lowest BCUT2D eigenvalue weighted by Gasteiger charge is -2.09. The molecule has 14 heavy (non-hydrogen) atoms. The van der Waals surface area contributed by atoms with Gasteiger partial charge in [-0.2, -0.15) is 0 Å². The van der Waals surface area contributed by atoms with Crippen LogP contribution < -0.4 is 0 Å². The van der Waals surface area contributed by atoms with Gasteiger partial charge >= 0.3 is 7.82 Å². The third kappa shape index (κ3) is 8.22. The van der Waals surface area contributed by atoms with Crippen molar-refractivity contribution in [2.24, 2.45) is 0 Å². The SMILES string of the molecule is CCCCOP(=O)(O)OC=CC(O)O. The third-order valence-corrected chi connectivity index (χ3v) is 2.09. The fourth-order valence-corrected chi connectivity index (χ4v) is 1.18. The average Bonchev–Trinajstić information content (AvgIpc) is 2.03. The van der Waals surface area contributed by atoms with Crippen LogP contribution in [0.3, 0.4) is 0 Å². The summed E-state index contributed by atoms with van der Waals surface area (Å²) >= 11 is 0. The van der Waals surface area contributed by atoms with Crippen LogP contribution in [0, 0.1) is 0 Å². The fraction of sp³-hybridized carbons (Fsp3) is 0.714. The van der Waals surface area contributed by atoms with Crippen molar-refractivity contribution in [1.82, 2.24) is 0 Å². The van der Waals surface area contributed by atoms with Gasteiger partial charge in [0.05, 0.1) is 12.9 Å². The van der Waals surface area contributed by atoms with E-state index in [2.05, 4.69) is 9.05 Å². The van der Waals surface area contributed by atoms with Crippen LogP contribution in [-0.4, -0.2) is 28.0 Å². The van der Waals surface area contributed by atoms with E-state index < -0.39 is 14.1 Å². The van der Waals surface area contributed by atoms with Crippen LogP contribution >= 0.6 is 7.82 Å². The van der Waals surface area contributed by atoms with Gasteiger partial charge in [-0.25, -0.2) is 4.57 Å². The highest BCUT2D eigenvalue weighted by atomic mass is 31.2. The number of aliphatic hydroxyl groups excluding tert-OH is 1. The van der Waals surface area contributed by atoms with Gasteiger partial charge in [-0.3, -0.25) is 9.42 Å². The zero-order valence-electron chi connectivity index (χ0n) is 7.87. The van der Waals surface area contributed by atoms with E-state index in [-0.39, 0.29) is 6.61 Å². The lowest BCUT2D eigenvalue weighted by atomic mass is 10.4. The molecule has 0 saturated heterocycles. The van der Waals surface area contributed by atoms with Crippen LogP contribution in [0.1, 0.15) is 19.8 Å². The van der Waals surface area contributed by atoms with E-state index >= 15 is 0 Å². The van der Waals surface area contributed by atoms with Crippen LogP contribution in [0.25, 0.3) is 0 Å². The molecule has 1 unspecified atom stereocenters. The predicted molar refractivity (Wildman–Crippen MR) is 49.1 cm³/mol. The zero-order valence-corrected chi connectivity index (χ0v) is 8.76. The maximum atomic E-state index is 11.0. The monoisotopic (exact) mass is 226 g/mol. The van der Waals surface area contributed by atoms with Crippen molar-refractivity contribution in [1.29, 1.82) is 0 Å². The molecule has 0 spiro atoms. The summed E-state index contributed by atoms with van der Waals surface area (Å²) in [5.41, 5.74) is 0. The van der Waals surface area contributed by atoms with E-state index in [0.29, 0.717) is 6.42 Å². The van der Waals surface area contributed by atoms with Gasteiger partial charge in [0.1, 0.15) is 0 Å². The van der Waals surface area contributed by atoms with E-state index in [4.69, 9.17) is 15.1 Å². The Morgan fingerprint density at radius 2 is 2.14 bits per heavy atom. The summed E-state index contributed by atoms with van der Waals surface area (Å²) in [7, 11) is -4.09. The summed E-state index contributed by atoms with van der Waals surface area (Å²) in [4.78, 5) is 8.95. The van der Waals surface area contributed by atoms with Crippen LogP contribution in [-0.2, 0) is 13.6 Å². The Hall–Kier alpha value is -0.390. The zero-order chi connectivity index (χ0) is 11.0. The molecule has 3 N–H and O–H groups in total. The Morgan fingerprint density at radius 3 is 2.64 bits per heavy atom. The summed E-state index contributed by atoms with van der Waals surface area (Å²) in [6.45, 7) is 2.04. The molecule has 0 aliphatic rings. The first-order valence-electron chi connectivity index (χ1n) is 4.16. The molecule has 0 bridgehead atoms. The number of phosphoric ester groups is 1. The largest absolute Gasteiger partial charge is 0.526 e. The third-order valence-electron chi connectivity index (χ3n) is 1.20. The normalized spacial score (nSPS) is 16.1. The van der Waals surface area contributed by atoms with Crippen LogP contribution in [0.2, 0.25) is 0 Å². The molecule has 0 aliphatic heterocycles. The van der Waals surface area contributed by atoms with Crippen molar-refractivity contribution < 1.29 is 28.7 Å². The molecule has 0 aromatic carbocycles. The predicted octanol–water partition coefficient (Wildman–Crippen LogP) is 0.744. The fourth-order valence-electron chi connectivity index (χ4n) is 0.537. The molecule has 0 saturated carbocycles. The topological polar surface area (TPSA) is 96.2 Å². The number of phosphoric acid groups is 1. The van der Waals surface area contributed by atoms with Crippen LogP contribution in [0.15, 0.2) is 12.3 Å². The average molecular weight is 226 g/mol. The molecule has 0 aromatic rings. The van der Waals surface area contributed by atoms with Crippen molar-refractivity contribution >= 4 is 7.82 Å². The molecule has 1 atom stereocenters. The van der Waals surface area contributed by atoms with E-state index in [1.54, 1.807) is 0 Å². The highest BCUT2D eigenvalue weighted by Crippen LogP contribution is 2.43. The lowest BCUT2D eigenvalue weighted by molar-refractivity contribution is 0.00103. The minimum Gasteiger partial charge on any atom is -0.412 e. The Bertz CT molecular complexity index is 214. The summed E-state index contributed by atoms with van der Waals surface area (Å²) in [6, 6.07) is 0. The molecule has 0 fully saturated rings. The molecule has 0 radical (unpaired) electrons. The Morgan fingerprint density at radius 1 is 1.50 bits per heavy atom. The number of unbranched alkanes of at least 4 members (excludes halogenated alkanes) is 1. The summed E-state index contributed by atoms with van der Waals surface area (Å²) in [6.07, 6.45) is 1.29. The quantitative estimate of drug-likeness (QED) is 0.256. The van der Waals surface area contributed by atoms with Gasteiger partial charge in [-0.1, -0.05) is 13.3 Å². The van der Waals surface area contributed by atoms with Gasteiger partial charge in [0, 0.05) is 6.08 Å². The molecule has 0 heterocycles. The number of hydrogen-bond donors (Lipinski definition) is 3.